The molecule has 2 unspecified atom stereocenters. The summed E-state index contributed by atoms with van der Waals surface area (Å²) in [4.78, 5) is 0. The molecule has 0 rings (SSSR count). The first kappa shape index (κ1) is 11.6. The molecule has 6 heteroatoms. The van der Waals surface area contributed by atoms with Crippen molar-refractivity contribution in [1.29, 1.82) is 0 Å². The van der Waals surface area contributed by atoms with Crippen molar-refractivity contribution in [1.82, 2.24) is 0 Å². The van der Waals surface area contributed by atoms with E-state index in [2.05, 4.69) is 12.6 Å². The molecule has 0 spiro atoms. The first-order chi connectivity index (χ1) is 4.83. The van der Waals surface area contributed by atoms with Gasteiger partial charge in [0.15, 0.2) is 0 Å². The fraction of sp³-hybridized carbons (Fsp3) is 1.00. The van der Waals surface area contributed by atoms with Crippen LogP contribution in [0.3, 0.4) is 0 Å². The fourth-order valence-electron chi connectivity index (χ4n) is 0.503. The van der Waals surface area contributed by atoms with Crippen LogP contribution in [0, 0.1) is 0 Å². The van der Waals surface area contributed by atoms with Gasteiger partial charge in [0.1, 0.15) is 0 Å². The highest BCUT2D eigenvalue weighted by molar-refractivity contribution is 7.85. The minimum absolute atomic E-state index is 0.0709. The van der Waals surface area contributed by atoms with Gasteiger partial charge in [-0.2, -0.15) is 21.0 Å². The molecule has 0 bridgehead atoms. The van der Waals surface area contributed by atoms with E-state index in [0.717, 1.165) is 0 Å². The van der Waals surface area contributed by atoms with Gasteiger partial charge in [0.25, 0.3) is 10.1 Å². The Hall–Kier alpha value is 0.550. The van der Waals surface area contributed by atoms with Crippen LogP contribution in [0.2, 0.25) is 0 Å². The lowest BCUT2D eigenvalue weighted by Gasteiger charge is -2.10. The predicted octanol–water partition coefficient (Wildman–Crippen LogP) is 1.19. The minimum atomic E-state index is -3.87. The maximum Gasteiger partial charge on any atom is 0.264 e. The van der Waals surface area contributed by atoms with Crippen molar-refractivity contribution in [2.75, 3.05) is 5.75 Å². The Labute approximate surface area is 77.3 Å². The van der Waals surface area contributed by atoms with Crippen LogP contribution in [0.5, 0.6) is 0 Å². The van der Waals surface area contributed by atoms with E-state index in [0.29, 0.717) is 0 Å². The van der Waals surface area contributed by atoms with Gasteiger partial charge in [0, 0.05) is 10.6 Å². The third-order valence-electron chi connectivity index (χ3n) is 1.18. The molecule has 0 saturated heterocycles. The Kier molecular flexibility index (Phi) is 4.77. The minimum Gasteiger partial charge on any atom is -0.286 e. The molecular weight excluding hydrogens is 208 g/mol. The van der Waals surface area contributed by atoms with Gasteiger partial charge >= 0.3 is 0 Å². The van der Waals surface area contributed by atoms with Crippen LogP contribution in [0.25, 0.3) is 0 Å². The summed E-state index contributed by atoms with van der Waals surface area (Å²) in [6.45, 7) is 1.77. The van der Waals surface area contributed by atoms with Gasteiger partial charge in [-0.15, -0.1) is 11.6 Å². The predicted molar refractivity (Wildman–Crippen MR) is 49.1 cm³/mol. The number of alkyl halides is 1. The van der Waals surface area contributed by atoms with Gasteiger partial charge in [-0.3, -0.25) is 4.55 Å². The first-order valence-electron chi connectivity index (χ1n) is 3.10. The molecule has 68 valence electrons. The molecule has 3 nitrogen and oxygen atoms in total. The topological polar surface area (TPSA) is 54.4 Å². The molecule has 11 heavy (non-hydrogen) atoms. The van der Waals surface area contributed by atoms with Gasteiger partial charge < -0.3 is 0 Å². The van der Waals surface area contributed by atoms with Crippen LogP contribution in [0.4, 0.5) is 0 Å². The molecule has 0 aliphatic carbocycles. The SMILES string of the molecule is CC(S)C(Cl)CCS(=O)(=O)O. The molecule has 0 heterocycles. The van der Waals surface area contributed by atoms with Crippen molar-refractivity contribution in [3.8, 4) is 0 Å². The van der Waals surface area contributed by atoms with Crippen molar-refractivity contribution in [2.45, 2.75) is 24.0 Å². The molecule has 0 aliphatic heterocycles. The summed E-state index contributed by atoms with van der Waals surface area (Å²) in [5, 5.41) is -0.390. The fourth-order valence-corrected chi connectivity index (χ4v) is 1.44. The van der Waals surface area contributed by atoms with Crippen molar-refractivity contribution >= 4 is 34.3 Å². The van der Waals surface area contributed by atoms with Crippen LogP contribution in [0.1, 0.15) is 13.3 Å². The van der Waals surface area contributed by atoms with Crippen LogP contribution in [-0.4, -0.2) is 29.4 Å². The van der Waals surface area contributed by atoms with E-state index < -0.39 is 10.1 Å². The van der Waals surface area contributed by atoms with E-state index in [1.54, 1.807) is 6.92 Å². The van der Waals surface area contributed by atoms with Gasteiger partial charge in [0.2, 0.25) is 0 Å². The van der Waals surface area contributed by atoms with E-state index in [9.17, 15) is 8.42 Å². The quantitative estimate of drug-likeness (QED) is 0.424. The summed E-state index contributed by atoms with van der Waals surface area (Å²) >= 11 is 9.68. The molecule has 0 radical (unpaired) electrons. The summed E-state index contributed by atoms with van der Waals surface area (Å²) in [6.07, 6.45) is 0.227. The molecular formula is C5H11ClO3S2. The number of thiol groups is 1. The summed E-state index contributed by atoms with van der Waals surface area (Å²) in [6, 6.07) is 0. The van der Waals surface area contributed by atoms with Gasteiger partial charge in [-0.25, -0.2) is 0 Å². The highest BCUT2D eigenvalue weighted by atomic mass is 35.5. The lowest BCUT2D eigenvalue weighted by molar-refractivity contribution is 0.480. The largest absolute Gasteiger partial charge is 0.286 e. The van der Waals surface area contributed by atoms with Gasteiger partial charge in [-0.1, -0.05) is 6.92 Å². The Morgan fingerprint density at radius 3 is 2.36 bits per heavy atom. The van der Waals surface area contributed by atoms with Crippen molar-refractivity contribution in [3.05, 3.63) is 0 Å². The molecule has 0 saturated carbocycles. The third kappa shape index (κ3) is 6.93. The second kappa shape index (κ2) is 4.54. The summed E-state index contributed by atoms with van der Waals surface area (Å²) in [5.74, 6) is -0.300. The second-order valence-corrected chi connectivity index (χ2v) is 5.28. The van der Waals surface area contributed by atoms with E-state index in [-0.39, 0.29) is 22.8 Å². The smallest absolute Gasteiger partial charge is 0.264 e. The Morgan fingerprint density at radius 2 is 2.09 bits per heavy atom. The molecule has 0 aromatic heterocycles. The normalized spacial score (nSPS) is 17.8. The summed E-state index contributed by atoms with van der Waals surface area (Å²) < 4.78 is 28.8. The highest BCUT2D eigenvalue weighted by Crippen LogP contribution is 2.13. The summed E-state index contributed by atoms with van der Waals surface area (Å²) in [5.41, 5.74) is 0. The average molecular weight is 219 g/mol. The number of hydrogen-bond acceptors (Lipinski definition) is 3. The van der Waals surface area contributed by atoms with Crippen molar-refractivity contribution < 1.29 is 13.0 Å². The maximum atomic E-state index is 10.2. The summed E-state index contributed by atoms with van der Waals surface area (Å²) in [7, 11) is -3.87. The molecule has 0 aromatic carbocycles. The van der Waals surface area contributed by atoms with E-state index in [1.165, 1.54) is 0 Å². The zero-order chi connectivity index (χ0) is 9.07. The zero-order valence-corrected chi connectivity index (χ0v) is 8.53. The second-order valence-electron chi connectivity index (χ2n) is 2.33. The van der Waals surface area contributed by atoms with Gasteiger partial charge in [-0.05, 0) is 6.42 Å². The number of halogens is 1. The van der Waals surface area contributed by atoms with Crippen LogP contribution in [-0.2, 0) is 10.1 Å². The first-order valence-corrected chi connectivity index (χ1v) is 5.66. The monoisotopic (exact) mass is 218 g/mol. The van der Waals surface area contributed by atoms with Crippen LogP contribution in [0.15, 0.2) is 0 Å². The molecule has 0 fully saturated rings. The number of hydrogen-bond donors (Lipinski definition) is 2. The third-order valence-corrected chi connectivity index (χ3v) is 3.06. The molecule has 0 aromatic rings. The Morgan fingerprint density at radius 1 is 1.64 bits per heavy atom. The zero-order valence-electron chi connectivity index (χ0n) is 6.07. The van der Waals surface area contributed by atoms with Crippen molar-refractivity contribution in [2.24, 2.45) is 0 Å². The lowest BCUT2D eigenvalue weighted by atomic mass is 10.3. The Balaban J connectivity index is 3.72. The van der Waals surface area contributed by atoms with E-state index >= 15 is 0 Å². The van der Waals surface area contributed by atoms with Crippen molar-refractivity contribution in [3.63, 3.8) is 0 Å². The van der Waals surface area contributed by atoms with Crippen LogP contribution < -0.4 is 0 Å². The van der Waals surface area contributed by atoms with E-state index in [1.807, 2.05) is 0 Å². The highest BCUT2D eigenvalue weighted by Gasteiger charge is 2.14. The molecule has 2 atom stereocenters. The Bertz CT molecular complexity index is 200. The van der Waals surface area contributed by atoms with E-state index in [4.69, 9.17) is 16.2 Å². The molecule has 1 N–H and O–H groups in total. The standard InChI is InChI=1S/C5H11ClO3S2/c1-4(10)5(6)2-3-11(7,8)9/h4-5,10H,2-3H2,1H3,(H,7,8,9). The van der Waals surface area contributed by atoms with Gasteiger partial charge in [0.05, 0.1) is 5.75 Å². The average Bonchev–Trinajstić information content (AvgIpc) is 1.80. The number of rotatable bonds is 4. The maximum absolute atomic E-state index is 10.2. The molecule has 0 aliphatic rings. The lowest BCUT2D eigenvalue weighted by Crippen LogP contribution is -2.16. The molecule has 0 amide bonds. The van der Waals surface area contributed by atoms with Crippen LogP contribution >= 0.6 is 24.2 Å².